The summed E-state index contributed by atoms with van der Waals surface area (Å²) in [6, 6.07) is 5.77. The van der Waals surface area contributed by atoms with E-state index in [1.165, 1.54) is 24.3 Å². The Bertz CT molecular complexity index is 800. The number of hydrogen-bond donors (Lipinski definition) is 1. The first kappa shape index (κ1) is 16.7. The smallest absolute Gasteiger partial charge is 0.253 e. The van der Waals surface area contributed by atoms with Crippen molar-refractivity contribution in [3.05, 3.63) is 48.5 Å². The molecule has 1 aliphatic rings. The fraction of sp³-hybridized carbons (Fsp3) is 0.375. The van der Waals surface area contributed by atoms with Gasteiger partial charge in [-0.2, -0.15) is 0 Å². The Morgan fingerprint density at radius 1 is 1.29 bits per heavy atom. The monoisotopic (exact) mass is 348 g/mol. The third-order valence-electron chi connectivity index (χ3n) is 4.26. The fourth-order valence-corrected chi connectivity index (χ4v) is 3.58. The molecule has 0 radical (unpaired) electrons. The normalized spacial score (nSPS) is 18.5. The molecule has 8 heteroatoms. The van der Waals surface area contributed by atoms with Gasteiger partial charge in [0.25, 0.3) is 5.91 Å². The molecule has 2 heterocycles. The predicted octanol–water partition coefficient (Wildman–Crippen LogP) is 1.08. The first-order valence-corrected chi connectivity index (χ1v) is 9.36. The number of imidazole rings is 1. The summed E-state index contributed by atoms with van der Waals surface area (Å²) in [5.41, 5.74) is 0.477. The summed E-state index contributed by atoms with van der Waals surface area (Å²) in [5.74, 6) is 0.312. The van der Waals surface area contributed by atoms with Gasteiger partial charge in [0.15, 0.2) is 0 Å². The number of sulfonamides is 1. The van der Waals surface area contributed by atoms with Crippen molar-refractivity contribution in [3.8, 4) is 0 Å². The Kier molecular flexibility index (Phi) is 4.68. The summed E-state index contributed by atoms with van der Waals surface area (Å²) in [5, 5.41) is 5.08. The largest absolute Gasteiger partial charge is 0.338 e. The molecule has 1 aromatic heterocycles. The number of nitrogens with zero attached hydrogens (tertiary/aromatic N) is 3. The topological polar surface area (TPSA) is 98.3 Å². The maximum Gasteiger partial charge on any atom is 0.253 e. The van der Waals surface area contributed by atoms with Crippen molar-refractivity contribution in [2.75, 3.05) is 13.1 Å². The van der Waals surface area contributed by atoms with Crippen molar-refractivity contribution in [3.63, 3.8) is 0 Å². The van der Waals surface area contributed by atoms with Gasteiger partial charge in [0, 0.05) is 37.6 Å². The molecule has 1 saturated heterocycles. The minimum Gasteiger partial charge on any atom is -0.338 e. The first-order valence-electron chi connectivity index (χ1n) is 7.81. The van der Waals surface area contributed by atoms with E-state index in [2.05, 4.69) is 4.98 Å². The van der Waals surface area contributed by atoms with Crippen molar-refractivity contribution >= 4 is 15.9 Å². The van der Waals surface area contributed by atoms with Gasteiger partial charge in [-0.1, -0.05) is 0 Å². The van der Waals surface area contributed by atoms with Crippen molar-refractivity contribution in [2.45, 2.75) is 24.3 Å². The van der Waals surface area contributed by atoms with E-state index in [1.54, 1.807) is 12.5 Å². The van der Waals surface area contributed by atoms with Crippen molar-refractivity contribution in [2.24, 2.45) is 11.1 Å². The second-order valence-corrected chi connectivity index (χ2v) is 7.65. The molecule has 7 nitrogen and oxygen atoms in total. The van der Waals surface area contributed by atoms with Gasteiger partial charge in [-0.3, -0.25) is 4.79 Å². The zero-order chi connectivity index (χ0) is 17.2. The van der Waals surface area contributed by atoms with Gasteiger partial charge in [0.1, 0.15) is 0 Å². The van der Waals surface area contributed by atoms with E-state index in [-0.39, 0.29) is 10.8 Å². The second-order valence-electron chi connectivity index (χ2n) is 6.09. The third kappa shape index (κ3) is 3.82. The molecule has 0 spiro atoms. The minimum absolute atomic E-state index is 0.00989. The van der Waals surface area contributed by atoms with Gasteiger partial charge >= 0.3 is 0 Å². The summed E-state index contributed by atoms with van der Waals surface area (Å²) in [4.78, 5) is 18.5. The Morgan fingerprint density at radius 3 is 2.67 bits per heavy atom. The number of aromatic nitrogens is 2. The van der Waals surface area contributed by atoms with Crippen LogP contribution in [0.15, 0.2) is 47.9 Å². The number of amides is 1. The van der Waals surface area contributed by atoms with Gasteiger partial charge in [-0.25, -0.2) is 18.5 Å². The average molecular weight is 348 g/mol. The van der Waals surface area contributed by atoms with Crippen LogP contribution in [0.1, 0.15) is 23.2 Å². The number of piperidine rings is 1. The number of likely N-dealkylation sites (tertiary alicyclic amines) is 1. The number of carbonyl (C=O) groups is 1. The van der Waals surface area contributed by atoms with Crippen LogP contribution in [0.4, 0.5) is 0 Å². The molecule has 128 valence electrons. The van der Waals surface area contributed by atoms with E-state index in [0.29, 0.717) is 18.0 Å². The van der Waals surface area contributed by atoms with E-state index < -0.39 is 10.0 Å². The zero-order valence-corrected chi connectivity index (χ0v) is 14.0. The van der Waals surface area contributed by atoms with Crippen molar-refractivity contribution in [1.29, 1.82) is 0 Å². The van der Waals surface area contributed by atoms with E-state index in [9.17, 15) is 13.2 Å². The average Bonchev–Trinajstić information content (AvgIpc) is 3.07. The van der Waals surface area contributed by atoms with Crippen molar-refractivity contribution < 1.29 is 13.2 Å². The minimum atomic E-state index is -3.74. The summed E-state index contributed by atoms with van der Waals surface area (Å²) in [6.07, 6.45) is 7.49. The van der Waals surface area contributed by atoms with Crippen LogP contribution in [0.5, 0.6) is 0 Å². The molecule has 2 aromatic rings. The fourth-order valence-electron chi connectivity index (χ4n) is 3.06. The highest BCUT2D eigenvalue weighted by Crippen LogP contribution is 2.20. The molecule has 3 rings (SSSR count). The summed E-state index contributed by atoms with van der Waals surface area (Å²) < 4.78 is 24.6. The molecule has 0 unspecified atom stereocenters. The Balaban J connectivity index is 1.68. The van der Waals surface area contributed by atoms with Gasteiger partial charge in [-0.15, -0.1) is 0 Å². The molecule has 0 aliphatic carbocycles. The van der Waals surface area contributed by atoms with Crippen molar-refractivity contribution in [1.82, 2.24) is 14.5 Å². The quantitative estimate of drug-likeness (QED) is 0.894. The number of benzene rings is 1. The van der Waals surface area contributed by atoms with Crippen LogP contribution >= 0.6 is 0 Å². The van der Waals surface area contributed by atoms with Gasteiger partial charge < -0.3 is 9.47 Å². The molecule has 1 amide bonds. The van der Waals surface area contributed by atoms with Gasteiger partial charge in [-0.05, 0) is 43.0 Å². The number of rotatable bonds is 4. The highest BCUT2D eigenvalue weighted by atomic mass is 32.2. The summed E-state index contributed by atoms with van der Waals surface area (Å²) in [6.45, 7) is 2.25. The first-order chi connectivity index (χ1) is 11.4. The van der Waals surface area contributed by atoms with Crippen LogP contribution in [0.25, 0.3) is 0 Å². The van der Waals surface area contributed by atoms with Crippen LogP contribution in [0.2, 0.25) is 0 Å². The highest BCUT2D eigenvalue weighted by molar-refractivity contribution is 7.89. The van der Waals surface area contributed by atoms with Crippen LogP contribution in [-0.2, 0) is 16.6 Å². The maximum absolute atomic E-state index is 12.6. The molecular weight excluding hydrogens is 328 g/mol. The third-order valence-corrected chi connectivity index (χ3v) is 5.19. The lowest BCUT2D eigenvalue weighted by Gasteiger charge is -2.33. The molecule has 1 fully saturated rings. The van der Waals surface area contributed by atoms with Gasteiger partial charge in [0.2, 0.25) is 10.0 Å². The second kappa shape index (κ2) is 6.74. The molecule has 0 bridgehead atoms. The number of nitrogens with two attached hydrogens (primary N) is 1. The zero-order valence-electron chi connectivity index (χ0n) is 13.2. The summed E-state index contributed by atoms with van der Waals surface area (Å²) >= 11 is 0. The van der Waals surface area contributed by atoms with E-state index in [4.69, 9.17) is 5.14 Å². The molecule has 1 atom stereocenters. The Morgan fingerprint density at radius 2 is 2.04 bits per heavy atom. The Labute approximate surface area is 141 Å². The highest BCUT2D eigenvalue weighted by Gasteiger charge is 2.25. The van der Waals surface area contributed by atoms with Crippen LogP contribution in [0, 0.1) is 5.92 Å². The van der Waals surface area contributed by atoms with E-state index in [1.807, 2.05) is 15.7 Å². The number of carbonyl (C=O) groups excluding carboxylic acids is 1. The lowest BCUT2D eigenvalue weighted by Crippen LogP contribution is -2.41. The van der Waals surface area contributed by atoms with Gasteiger partial charge in [0.05, 0.1) is 11.2 Å². The van der Waals surface area contributed by atoms with Crippen LogP contribution in [-0.4, -0.2) is 41.9 Å². The van der Waals surface area contributed by atoms with Crippen LogP contribution in [0.3, 0.4) is 0 Å². The maximum atomic E-state index is 12.6. The Hall–Kier alpha value is -2.19. The molecule has 1 aliphatic heterocycles. The van der Waals surface area contributed by atoms with E-state index >= 15 is 0 Å². The standard InChI is InChI=1S/C16H20N4O3S/c17-24(22,23)15-5-3-14(4-6-15)16(21)20-8-1-2-13(11-20)10-19-9-7-18-12-19/h3-7,9,12-13H,1-2,8,10-11H2,(H2,17,22,23)/t13-/m1/s1. The number of primary sulfonamides is 1. The SMILES string of the molecule is NS(=O)(=O)c1ccc(C(=O)N2CCC[C@H](Cn3ccnc3)C2)cc1. The lowest BCUT2D eigenvalue weighted by molar-refractivity contribution is 0.0662. The van der Waals surface area contributed by atoms with Crippen LogP contribution < -0.4 is 5.14 Å². The molecule has 24 heavy (non-hydrogen) atoms. The predicted molar refractivity (Wildman–Crippen MR) is 88.7 cm³/mol. The molecule has 0 saturated carbocycles. The lowest BCUT2D eigenvalue weighted by atomic mass is 9.97. The summed E-state index contributed by atoms with van der Waals surface area (Å²) in [7, 11) is -3.74. The molecular formula is C16H20N4O3S. The molecule has 2 N–H and O–H groups in total. The van der Waals surface area contributed by atoms with E-state index in [0.717, 1.165) is 25.9 Å². The molecule has 1 aromatic carbocycles. The number of hydrogen-bond acceptors (Lipinski definition) is 4.